The number of alkyl halides is 1. The largest absolute Gasteiger partial charge is 0.312 e. The molecular formula is C15H15ClN2OS. The fourth-order valence-electron chi connectivity index (χ4n) is 2.47. The van der Waals surface area contributed by atoms with Gasteiger partial charge in [-0.2, -0.15) is 0 Å². The van der Waals surface area contributed by atoms with Gasteiger partial charge in [-0.3, -0.25) is 4.79 Å². The number of para-hydroxylation sites is 1. The predicted octanol–water partition coefficient (Wildman–Crippen LogP) is 3.40. The fraction of sp³-hybridized carbons (Fsp3) is 0.333. The molecule has 0 spiro atoms. The molecule has 104 valence electrons. The number of anilines is 1. The molecule has 2 heterocycles. The van der Waals surface area contributed by atoms with Crippen LogP contribution in [0.15, 0.2) is 29.6 Å². The van der Waals surface area contributed by atoms with Gasteiger partial charge < -0.3 is 4.90 Å². The number of carbonyl (C=O) groups is 1. The van der Waals surface area contributed by atoms with Gasteiger partial charge in [0, 0.05) is 30.5 Å². The Bertz CT molecular complexity index is 626. The predicted molar refractivity (Wildman–Crippen MR) is 82.5 cm³/mol. The van der Waals surface area contributed by atoms with Crippen molar-refractivity contribution in [2.45, 2.75) is 25.1 Å². The summed E-state index contributed by atoms with van der Waals surface area (Å²) in [6, 6.07) is 8.14. The third kappa shape index (κ3) is 2.72. The van der Waals surface area contributed by atoms with Gasteiger partial charge in [0.25, 0.3) is 0 Å². The van der Waals surface area contributed by atoms with E-state index in [1.807, 2.05) is 28.5 Å². The van der Waals surface area contributed by atoms with Crippen molar-refractivity contribution in [1.82, 2.24) is 4.98 Å². The van der Waals surface area contributed by atoms with Crippen molar-refractivity contribution in [2.75, 3.05) is 11.4 Å². The first kappa shape index (κ1) is 13.6. The lowest BCUT2D eigenvalue weighted by molar-refractivity contribution is -0.118. The summed E-state index contributed by atoms with van der Waals surface area (Å²) < 4.78 is 0. The molecule has 0 aliphatic carbocycles. The van der Waals surface area contributed by atoms with Crippen LogP contribution >= 0.6 is 22.9 Å². The second-order valence-electron chi connectivity index (χ2n) is 4.79. The number of hydrogen-bond donors (Lipinski definition) is 0. The summed E-state index contributed by atoms with van der Waals surface area (Å²) in [4.78, 5) is 18.5. The van der Waals surface area contributed by atoms with E-state index in [0.717, 1.165) is 29.2 Å². The van der Waals surface area contributed by atoms with E-state index >= 15 is 0 Å². The molecule has 0 fully saturated rings. The van der Waals surface area contributed by atoms with E-state index in [-0.39, 0.29) is 5.91 Å². The number of aryl methyl sites for hydroxylation is 1. The van der Waals surface area contributed by atoms with Crippen molar-refractivity contribution in [3.63, 3.8) is 0 Å². The quantitative estimate of drug-likeness (QED) is 0.811. The highest BCUT2D eigenvalue weighted by molar-refractivity contribution is 7.09. The van der Waals surface area contributed by atoms with Crippen molar-refractivity contribution in [2.24, 2.45) is 0 Å². The summed E-state index contributed by atoms with van der Waals surface area (Å²) in [5, 5.41) is 3.02. The summed E-state index contributed by atoms with van der Waals surface area (Å²) in [6.45, 7) is 0.686. The highest BCUT2D eigenvalue weighted by Gasteiger charge is 2.23. The Labute approximate surface area is 127 Å². The Hall–Kier alpha value is -1.39. The molecule has 0 bridgehead atoms. The summed E-state index contributed by atoms with van der Waals surface area (Å²) in [5.41, 5.74) is 3.22. The Morgan fingerprint density at radius 2 is 2.15 bits per heavy atom. The summed E-state index contributed by atoms with van der Waals surface area (Å²) >= 11 is 7.37. The molecule has 0 saturated carbocycles. The molecule has 0 unspecified atom stereocenters. The van der Waals surface area contributed by atoms with Crippen molar-refractivity contribution in [3.05, 3.63) is 45.9 Å². The zero-order valence-electron chi connectivity index (χ0n) is 11.0. The van der Waals surface area contributed by atoms with Crippen LogP contribution in [-0.4, -0.2) is 17.4 Å². The molecule has 3 rings (SSSR count). The van der Waals surface area contributed by atoms with Crippen LogP contribution in [0, 0.1) is 0 Å². The number of amides is 1. The van der Waals surface area contributed by atoms with Gasteiger partial charge in [-0.1, -0.05) is 18.2 Å². The number of carbonyl (C=O) groups excluding carboxylic acids is 1. The minimum atomic E-state index is 0.206. The zero-order valence-corrected chi connectivity index (χ0v) is 12.6. The fourth-order valence-corrected chi connectivity index (χ4v) is 3.49. The highest BCUT2D eigenvalue weighted by Crippen LogP contribution is 2.27. The van der Waals surface area contributed by atoms with E-state index < -0.39 is 0 Å². The first-order chi connectivity index (χ1) is 9.78. The monoisotopic (exact) mass is 306 g/mol. The molecule has 20 heavy (non-hydrogen) atoms. The highest BCUT2D eigenvalue weighted by atomic mass is 35.5. The third-order valence-corrected chi connectivity index (χ3v) is 4.71. The summed E-state index contributed by atoms with van der Waals surface area (Å²) in [5.74, 6) is 0.653. The molecule has 0 atom stereocenters. The van der Waals surface area contributed by atoms with Crippen molar-refractivity contribution < 1.29 is 4.79 Å². The smallest absolute Gasteiger partial charge is 0.227 e. The number of halogens is 1. The molecule has 1 amide bonds. The van der Waals surface area contributed by atoms with Crippen LogP contribution < -0.4 is 4.90 Å². The summed E-state index contributed by atoms with van der Waals surface area (Å²) in [6.07, 6.45) is 2.22. The van der Waals surface area contributed by atoms with Gasteiger partial charge in [0.05, 0.1) is 16.6 Å². The topological polar surface area (TPSA) is 33.2 Å². The first-order valence-electron chi connectivity index (χ1n) is 6.65. The van der Waals surface area contributed by atoms with E-state index in [1.165, 1.54) is 5.56 Å². The maximum Gasteiger partial charge on any atom is 0.227 e. The summed E-state index contributed by atoms with van der Waals surface area (Å²) in [7, 11) is 0. The van der Waals surface area contributed by atoms with Crippen molar-refractivity contribution in [1.29, 1.82) is 0 Å². The minimum absolute atomic E-state index is 0.206. The van der Waals surface area contributed by atoms with Gasteiger partial charge in [0.2, 0.25) is 5.91 Å². The molecule has 1 aliphatic heterocycles. The van der Waals surface area contributed by atoms with E-state index in [1.54, 1.807) is 11.3 Å². The van der Waals surface area contributed by atoms with Gasteiger partial charge in [-0.05, 0) is 18.1 Å². The van der Waals surface area contributed by atoms with Crippen LogP contribution in [0.3, 0.4) is 0 Å². The minimum Gasteiger partial charge on any atom is -0.312 e. The van der Waals surface area contributed by atoms with E-state index in [9.17, 15) is 4.79 Å². The molecule has 1 aromatic heterocycles. The molecule has 1 aliphatic rings. The normalized spacial score (nSPS) is 14.4. The van der Waals surface area contributed by atoms with E-state index in [2.05, 4.69) is 11.1 Å². The second-order valence-corrected chi connectivity index (χ2v) is 6.00. The first-order valence-corrected chi connectivity index (χ1v) is 8.07. The second kappa shape index (κ2) is 5.94. The number of aromatic nitrogens is 1. The third-order valence-electron chi connectivity index (χ3n) is 3.48. The standard InChI is InChI=1S/C15H15ClN2OS/c16-9-12-10-20-14(17-12)7-8-18-13-4-2-1-3-11(13)5-6-15(18)19/h1-4,10H,5-9H2. The average molecular weight is 307 g/mol. The van der Waals surface area contributed by atoms with Crippen LogP contribution in [0.1, 0.15) is 22.7 Å². The molecule has 3 nitrogen and oxygen atoms in total. The van der Waals surface area contributed by atoms with Crippen LogP contribution in [0.2, 0.25) is 0 Å². The van der Waals surface area contributed by atoms with Crippen LogP contribution in [0.25, 0.3) is 0 Å². The molecular weight excluding hydrogens is 292 g/mol. The molecule has 1 aromatic carbocycles. The Balaban J connectivity index is 1.75. The van der Waals surface area contributed by atoms with Crippen LogP contribution in [0.5, 0.6) is 0 Å². The van der Waals surface area contributed by atoms with Gasteiger partial charge in [-0.15, -0.1) is 22.9 Å². The molecule has 0 N–H and O–H groups in total. The van der Waals surface area contributed by atoms with Gasteiger partial charge >= 0.3 is 0 Å². The van der Waals surface area contributed by atoms with Crippen molar-refractivity contribution in [3.8, 4) is 0 Å². The maximum atomic E-state index is 12.1. The molecule has 2 aromatic rings. The number of hydrogen-bond acceptors (Lipinski definition) is 3. The van der Waals surface area contributed by atoms with E-state index in [4.69, 9.17) is 11.6 Å². The lowest BCUT2D eigenvalue weighted by atomic mass is 10.0. The number of fused-ring (bicyclic) bond motifs is 1. The lowest BCUT2D eigenvalue weighted by Gasteiger charge is -2.29. The SMILES string of the molecule is O=C1CCc2ccccc2N1CCc1nc(CCl)cs1. The molecule has 0 saturated heterocycles. The Morgan fingerprint density at radius 3 is 2.95 bits per heavy atom. The number of rotatable bonds is 4. The average Bonchev–Trinajstić information content (AvgIpc) is 2.94. The lowest BCUT2D eigenvalue weighted by Crippen LogP contribution is -2.36. The van der Waals surface area contributed by atoms with Gasteiger partial charge in [0.1, 0.15) is 0 Å². The number of benzene rings is 1. The van der Waals surface area contributed by atoms with Crippen LogP contribution in [0.4, 0.5) is 5.69 Å². The molecule has 0 radical (unpaired) electrons. The zero-order chi connectivity index (χ0) is 13.9. The van der Waals surface area contributed by atoms with Gasteiger partial charge in [0.15, 0.2) is 0 Å². The Kier molecular flexibility index (Phi) is 4.03. The van der Waals surface area contributed by atoms with Crippen molar-refractivity contribution >= 4 is 34.5 Å². The van der Waals surface area contributed by atoms with Gasteiger partial charge in [-0.25, -0.2) is 4.98 Å². The molecule has 5 heteroatoms. The van der Waals surface area contributed by atoms with Crippen LogP contribution in [-0.2, 0) is 23.5 Å². The maximum absolute atomic E-state index is 12.1. The number of nitrogens with zero attached hydrogens (tertiary/aromatic N) is 2. The van der Waals surface area contributed by atoms with E-state index in [0.29, 0.717) is 18.8 Å². The number of thiazole rings is 1. The Morgan fingerprint density at radius 1 is 1.30 bits per heavy atom.